The molecule has 102 valence electrons. The molecular weight excluding hydrogens is 244 g/mol. The highest BCUT2D eigenvalue weighted by Gasteiger charge is 2.24. The average molecular weight is 262 g/mol. The fourth-order valence-electron chi connectivity index (χ4n) is 1.93. The average Bonchev–Trinajstić information content (AvgIpc) is 2.39. The molecule has 6 nitrogen and oxygen atoms in total. The van der Waals surface area contributed by atoms with Crippen molar-refractivity contribution in [2.45, 2.75) is 6.92 Å². The molecule has 2 amide bonds. The lowest BCUT2D eigenvalue weighted by atomic mass is 10.3. The molecule has 0 aliphatic carbocycles. The van der Waals surface area contributed by atoms with E-state index < -0.39 is 11.8 Å². The van der Waals surface area contributed by atoms with E-state index in [-0.39, 0.29) is 0 Å². The summed E-state index contributed by atoms with van der Waals surface area (Å²) < 4.78 is 0. The van der Waals surface area contributed by atoms with Gasteiger partial charge in [-0.05, 0) is 31.7 Å². The predicted octanol–water partition coefficient (Wildman–Crippen LogP) is 0.103. The van der Waals surface area contributed by atoms with Gasteiger partial charge in [-0.1, -0.05) is 0 Å². The molecular formula is C13H18N4O2. The zero-order valence-electron chi connectivity index (χ0n) is 11.2. The zero-order chi connectivity index (χ0) is 13.8. The van der Waals surface area contributed by atoms with Crippen LogP contribution >= 0.6 is 0 Å². The SMILES string of the molecule is Cc1ccnc(NC(=O)C(=O)N2CCN(C)CC2)c1. The molecule has 1 saturated heterocycles. The normalized spacial score (nSPS) is 16.2. The monoisotopic (exact) mass is 262 g/mol. The topological polar surface area (TPSA) is 65.5 Å². The lowest BCUT2D eigenvalue weighted by molar-refractivity contribution is -0.144. The van der Waals surface area contributed by atoms with Crippen molar-refractivity contribution >= 4 is 17.6 Å². The molecule has 1 aromatic heterocycles. The maximum atomic E-state index is 12.0. The Kier molecular flexibility index (Phi) is 4.11. The first-order valence-corrected chi connectivity index (χ1v) is 6.28. The molecule has 19 heavy (non-hydrogen) atoms. The van der Waals surface area contributed by atoms with Crippen molar-refractivity contribution in [2.24, 2.45) is 0 Å². The molecule has 0 saturated carbocycles. The Bertz CT molecular complexity index is 481. The van der Waals surface area contributed by atoms with Crippen LogP contribution in [0, 0.1) is 6.92 Å². The summed E-state index contributed by atoms with van der Waals surface area (Å²) in [6, 6.07) is 3.56. The Balaban J connectivity index is 1.94. The number of carbonyl (C=O) groups is 2. The van der Waals surface area contributed by atoms with Crippen molar-refractivity contribution < 1.29 is 9.59 Å². The summed E-state index contributed by atoms with van der Waals surface area (Å²) in [5.41, 5.74) is 0.984. The molecule has 1 fully saturated rings. The van der Waals surface area contributed by atoms with Gasteiger partial charge in [-0.2, -0.15) is 0 Å². The van der Waals surface area contributed by atoms with Gasteiger partial charge in [-0.3, -0.25) is 9.59 Å². The van der Waals surface area contributed by atoms with Gasteiger partial charge in [0.2, 0.25) is 0 Å². The fourth-order valence-corrected chi connectivity index (χ4v) is 1.93. The molecule has 1 aliphatic heterocycles. The standard InChI is InChI=1S/C13H18N4O2/c1-10-3-4-14-11(9-10)15-12(18)13(19)17-7-5-16(2)6-8-17/h3-4,9H,5-8H2,1-2H3,(H,14,15,18). The Hall–Kier alpha value is -1.95. The highest BCUT2D eigenvalue weighted by Crippen LogP contribution is 2.06. The van der Waals surface area contributed by atoms with E-state index >= 15 is 0 Å². The van der Waals surface area contributed by atoms with Crippen LogP contribution in [-0.2, 0) is 9.59 Å². The largest absolute Gasteiger partial charge is 0.332 e. The minimum absolute atomic E-state index is 0.410. The number of hydrogen-bond acceptors (Lipinski definition) is 4. The van der Waals surface area contributed by atoms with Crippen LogP contribution in [0.4, 0.5) is 5.82 Å². The molecule has 2 rings (SSSR count). The Morgan fingerprint density at radius 2 is 1.95 bits per heavy atom. The number of rotatable bonds is 1. The van der Waals surface area contributed by atoms with Crippen LogP contribution < -0.4 is 5.32 Å². The lowest BCUT2D eigenvalue weighted by Crippen LogP contribution is -2.50. The molecule has 1 N–H and O–H groups in total. The van der Waals surface area contributed by atoms with E-state index in [2.05, 4.69) is 15.2 Å². The highest BCUT2D eigenvalue weighted by atomic mass is 16.2. The summed E-state index contributed by atoms with van der Waals surface area (Å²) >= 11 is 0. The Labute approximate surface area is 112 Å². The Morgan fingerprint density at radius 3 is 2.58 bits per heavy atom. The third kappa shape index (κ3) is 3.51. The van der Waals surface area contributed by atoms with Crippen molar-refractivity contribution in [3.63, 3.8) is 0 Å². The lowest BCUT2D eigenvalue weighted by Gasteiger charge is -2.31. The maximum Gasteiger partial charge on any atom is 0.315 e. The molecule has 1 aromatic rings. The third-order valence-electron chi connectivity index (χ3n) is 3.14. The van der Waals surface area contributed by atoms with E-state index in [0.717, 1.165) is 18.7 Å². The van der Waals surface area contributed by atoms with Crippen LogP contribution in [0.25, 0.3) is 0 Å². The Morgan fingerprint density at radius 1 is 1.26 bits per heavy atom. The van der Waals surface area contributed by atoms with Crippen molar-refractivity contribution in [3.8, 4) is 0 Å². The van der Waals surface area contributed by atoms with E-state index in [1.807, 2.05) is 20.0 Å². The number of aromatic nitrogens is 1. The minimum Gasteiger partial charge on any atom is -0.332 e. The predicted molar refractivity (Wildman–Crippen MR) is 71.7 cm³/mol. The van der Waals surface area contributed by atoms with Gasteiger partial charge in [0.05, 0.1) is 0 Å². The first-order chi connectivity index (χ1) is 9.06. The zero-order valence-corrected chi connectivity index (χ0v) is 11.2. The van der Waals surface area contributed by atoms with E-state index in [1.165, 1.54) is 0 Å². The molecule has 0 unspecified atom stereocenters. The summed E-state index contributed by atoms with van der Waals surface area (Å²) in [7, 11) is 2.00. The number of piperazine rings is 1. The van der Waals surface area contributed by atoms with Gasteiger partial charge < -0.3 is 15.1 Å². The number of likely N-dealkylation sites (N-methyl/N-ethyl adjacent to an activating group) is 1. The van der Waals surface area contributed by atoms with Gasteiger partial charge in [0, 0.05) is 32.4 Å². The van der Waals surface area contributed by atoms with Gasteiger partial charge in [0.15, 0.2) is 0 Å². The van der Waals surface area contributed by atoms with Gasteiger partial charge in [0.25, 0.3) is 0 Å². The number of nitrogens with zero attached hydrogens (tertiary/aromatic N) is 3. The number of anilines is 1. The molecule has 0 aromatic carbocycles. The first kappa shape index (κ1) is 13.5. The van der Waals surface area contributed by atoms with Crippen molar-refractivity contribution in [3.05, 3.63) is 23.9 Å². The summed E-state index contributed by atoms with van der Waals surface area (Å²) in [5, 5.41) is 2.54. The molecule has 0 radical (unpaired) electrons. The molecule has 2 heterocycles. The van der Waals surface area contributed by atoms with E-state index in [1.54, 1.807) is 17.2 Å². The summed E-state index contributed by atoms with van der Waals surface area (Å²) in [6.07, 6.45) is 1.60. The molecule has 0 bridgehead atoms. The summed E-state index contributed by atoms with van der Waals surface area (Å²) in [5.74, 6) is -0.702. The minimum atomic E-state index is -0.623. The molecule has 6 heteroatoms. The van der Waals surface area contributed by atoms with E-state index in [4.69, 9.17) is 0 Å². The number of amides is 2. The number of pyridine rings is 1. The van der Waals surface area contributed by atoms with Crippen molar-refractivity contribution in [1.29, 1.82) is 0 Å². The van der Waals surface area contributed by atoms with E-state index in [9.17, 15) is 9.59 Å². The third-order valence-corrected chi connectivity index (χ3v) is 3.14. The first-order valence-electron chi connectivity index (χ1n) is 6.28. The summed E-state index contributed by atoms with van der Waals surface area (Å²) in [4.78, 5) is 31.5. The van der Waals surface area contributed by atoms with Gasteiger partial charge in [-0.15, -0.1) is 0 Å². The van der Waals surface area contributed by atoms with Crippen LogP contribution in [-0.4, -0.2) is 59.8 Å². The quantitative estimate of drug-likeness (QED) is 0.729. The fraction of sp³-hybridized carbons (Fsp3) is 0.462. The van der Waals surface area contributed by atoms with Crippen molar-refractivity contribution in [1.82, 2.24) is 14.8 Å². The molecule has 0 atom stereocenters. The number of aryl methyl sites for hydroxylation is 1. The van der Waals surface area contributed by atoms with Crippen LogP contribution in [0.3, 0.4) is 0 Å². The second-order valence-corrected chi connectivity index (χ2v) is 4.77. The second-order valence-electron chi connectivity index (χ2n) is 4.77. The van der Waals surface area contributed by atoms with Crippen LogP contribution in [0.15, 0.2) is 18.3 Å². The molecule has 0 spiro atoms. The second kappa shape index (κ2) is 5.79. The smallest absolute Gasteiger partial charge is 0.315 e. The van der Waals surface area contributed by atoms with Gasteiger partial charge >= 0.3 is 11.8 Å². The van der Waals surface area contributed by atoms with Crippen LogP contribution in [0.5, 0.6) is 0 Å². The highest BCUT2D eigenvalue weighted by molar-refractivity contribution is 6.39. The maximum absolute atomic E-state index is 12.0. The number of nitrogens with one attached hydrogen (secondary N) is 1. The van der Waals surface area contributed by atoms with Crippen LogP contribution in [0.1, 0.15) is 5.56 Å². The van der Waals surface area contributed by atoms with Gasteiger partial charge in [0.1, 0.15) is 5.82 Å². The van der Waals surface area contributed by atoms with Crippen LogP contribution in [0.2, 0.25) is 0 Å². The van der Waals surface area contributed by atoms with Crippen molar-refractivity contribution in [2.75, 3.05) is 38.5 Å². The van der Waals surface area contributed by atoms with E-state index in [0.29, 0.717) is 18.9 Å². The van der Waals surface area contributed by atoms with Gasteiger partial charge in [-0.25, -0.2) is 4.98 Å². The number of carbonyl (C=O) groups excluding carboxylic acids is 2. The number of hydrogen-bond donors (Lipinski definition) is 1. The summed E-state index contributed by atoms with van der Waals surface area (Å²) in [6.45, 7) is 4.66. The molecule has 1 aliphatic rings.